The number of aromatic nitrogens is 1. The number of hydrogen-bond donors (Lipinski definition) is 0. The number of carbonyl (C=O) groups excluding carboxylic acids is 3. The second-order valence-corrected chi connectivity index (χ2v) is 8.92. The number of ether oxygens (including phenoxy) is 2. The van der Waals surface area contributed by atoms with Crippen LogP contribution in [0.1, 0.15) is 56.7 Å². The van der Waals surface area contributed by atoms with Crippen LogP contribution in [0.5, 0.6) is 0 Å². The zero-order valence-electron chi connectivity index (χ0n) is 20.1. The number of rotatable bonds is 5. The van der Waals surface area contributed by atoms with Crippen LogP contribution in [0, 0.1) is 0 Å². The van der Waals surface area contributed by atoms with Crippen molar-refractivity contribution in [3.63, 3.8) is 0 Å². The van der Waals surface area contributed by atoms with Gasteiger partial charge in [-0.15, -0.1) is 0 Å². The van der Waals surface area contributed by atoms with E-state index in [1.165, 1.54) is 10.6 Å². The van der Waals surface area contributed by atoms with Gasteiger partial charge in [0.2, 0.25) is 0 Å². The summed E-state index contributed by atoms with van der Waals surface area (Å²) in [6.07, 6.45) is 5.28. The topological polar surface area (TPSA) is 74.6 Å². The molecule has 0 bridgehead atoms. The van der Waals surface area contributed by atoms with Crippen LogP contribution >= 0.6 is 0 Å². The molecule has 2 aromatic carbocycles. The van der Waals surface area contributed by atoms with Crippen molar-refractivity contribution in [2.75, 3.05) is 6.61 Å². The first-order chi connectivity index (χ1) is 16.9. The summed E-state index contributed by atoms with van der Waals surface area (Å²) in [5.41, 5.74) is 3.17. The molecule has 1 aliphatic carbocycles. The normalized spacial score (nSPS) is 19.2. The minimum absolute atomic E-state index is 0.280. The summed E-state index contributed by atoms with van der Waals surface area (Å²) < 4.78 is 12.2. The molecule has 5 rings (SSSR count). The molecule has 1 aliphatic heterocycles. The Morgan fingerprint density at radius 3 is 2.63 bits per heavy atom. The number of unbranched alkanes of at least 4 members (excludes halogenated alkanes) is 1. The van der Waals surface area contributed by atoms with E-state index in [1.807, 2.05) is 48.5 Å². The number of nitrogens with zero attached hydrogens (tertiary/aromatic N) is 1. The molecular weight excluding hydrogens is 442 g/mol. The molecule has 3 aromatic rings. The van der Waals surface area contributed by atoms with Gasteiger partial charge in [0, 0.05) is 17.7 Å². The van der Waals surface area contributed by atoms with Gasteiger partial charge in [-0.3, -0.25) is 9.36 Å². The van der Waals surface area contributed by atoms with E-state index in [1.54, 1.807) is 20.0 Å². The molecule has 1 aromatic heterocycles. The van der Waals surface area contributed by atoms with E-state index in [2.05, 4.69) is 6.92 Å². The monoisotopic (exact) mass is 469 g/mol. The van der Waals surface area contributed by atoms with Crippen molar-refractivity contribution in [2.24, 2.45) is 0 Å². The van der Waals surface area contributed by atoms with Gasteiger partial charge in [0.1, 0.15) is 5.76 Å². The fourth-order valence-corrected chi connectivity index (χ4v) is 5.34. The van der Waals surface area contributed by atoms with E-state index in [0.717, 1.165) is 41.3 Å². The van der Waals surface area contributed by atoms with E-state index < -0.39 is 17.5 Å². The van der Waals surface area contributed by atoms with Crippen molar-refractivity contribution in [2.45, 2.75) is 45.4 Å². The minimum Gasteiger partial charge on any atom is -0.449 e. The number of cyclic esters (lactones) is 1. The lowest BCUT2D eigenvalue weighted by Crippen LogP contribution is -2.46. The van der Waals surface area contributed by atoms with Gasteiger partial charge in [0.25, 0.3) is 0 Å². The van der Waals surface area contributed by atoms with Gasteiger partial charge in [0.15, 0.2) is 11.2 Å². The molecule has 2 aliphatic rings. The summed E-state index contributed by atoms with van der Waals surface area (Å²) in [5.74, 6) is -0.559. The van der Waals surface area contributed by atoms with Crippen molar-refractivity contribution < 1.29 is 23.9 Å². The zero-order valence-corrected chi connectivity index (χ0v) is 20.1. The number of ketones is 1. The Morgan fingerprint density at radius 1 is 1.09 bits per heavy atom. The van der Waals surface area contributed by atoms with E-state index in [9.17, 15) is 14.4 Å². The lowest BCUT2D eigenvalue weighted by atomic mass is 9.70. The summed E-state index contributed by atoms with van der Waals surface area (Å²) in [5, 5.41) is 0.812. The highest BCUT2D eigenvalue weighted by Gasteiger charge is 2.58. The molecule has 1 atom stereocenters. The molecule has 1 unspecified atom stereocenters. The molecule has 2 heterocycles. The fourth-order valence-electron chi connectivity index (χ4n) is 5.34. The van der Waals surface area contributed by atoms with Crippen LogP contribution in [0.25, 0.3) is 22.0 Å². The van der Waals surface area contributed by atoms with Crippen molar-refractivity contribution in [1.82, 2.24) is 4.57 Å². The Balaban J connectivity index is 1.77. The summed E-state index contributed by atoms with van der Waals surface area (Å²) in [6, 6.07) is 15.1. The number of hydrogen-bond acceptors (Lipinski definition) is 5. The average Bonchev–Trinajstić information content (AvgIpc) is 3.39. The Bertz CT molecular complexity index is 1440. The molecule has 0 radical (unpaired) electrons. The first kappa shape index (κ1) is 22.8. The minimum atomic E-state index is -1.55. The number of carbonyl (C=O) groups is 3. The zero-order chi connectivity index (χ0) is 24.7. The smallest absolute Gasteiger partial charge is 0.418 e. The van der Waals surface area contributed by atoms with Crippen molar-refractivity contribution >= 4 is 39.9 Å². The second kappa shape index (κ2) is 8.69. The maximum absolute atomic E-state index is 13.8. The van der Waals surface area contributed by atoms with E-state index in [4.69, 9.17) is 9.47 Å². The van der Waals surface area contributed by atoms with E-state index in [0.29, 0.717) is 22.4 Å². The summed E-state index contributed by atoms with van der Waals surface area (Å²) in [7, 11) is 0. The van der Waals surface area contributed by atoms with Crippen LogP contribution in [0.2, 0.25) is 0 Å². The Morgan fingerprint density at radius 2 is 1.89 bits per heavy atom. The molecule has 178 valence electrons. The van der Waals surface area contributed by atoms with Crippen LogP contribution in [0.3, 0.4) is 0 Å². The second-order valence-electron chi connectivity index (χ2n) is 8.92. The molecular formula is C29H27NO5. The Kier molecular flexibility index (Phi) is 5.67. The highest BCUT2D eigenvalue weighted by molar-refractivity contribution is 6.31. The van der Waals surface area contributed by atoms with Crippen molar-refractivity contribution in [1.29, 1.82) is 0 Å². The van der Waals surface area contributed by atoms with E-state index >= 15 is 0 Å². The Hall–Kier alpha value is -3.93. The molecule has 0 saturated heterocycles. The highest BCUT2D eigenvalue weighted by atomic mass is 16.5. The third-order valence-electron chi connectivity index (χ3n) is 6.82. The predicted molar refractivity (Wildman–Crippen MR) is 134 cm³/mol. The lowest BCUT2D eigenvalue weighted by Gasteiger charge is -2.32. The maximum Gasteiger partial charge on any atom is 0.418 e. The van der Waals surface area contributed by atoms with Crippen molar-refractivity contribution in [3.05, 3.63) is 83.3 Å². The first-order valence-electron chi connectivity index (χ1n) is 12.0. The van der Waals surface area contributed by atoms with Crippen LogP contribution in [-0.4, -0.2) is 29.0 Å². The number of fused-ring (bicyclic) bond motifs is 3. The molecule has 0 saturated carbocycles. The molecule has 1 spiro atoms. The lowest BCUT2D eigenvalue weighted by molar-refractivity contribution is -0.148. The average molecular weight is 470 g/mol. The first-order valence-corrected chi connectivity index (χ1v) is 12.0. The number of benzene rings is 2. The van der Waals surface area contributed by atoms with Crippen molar-refractivity contribution in [3.8, 4) is 0 Å². The van der Waals surface area contributed by atoms with Gasteiger partial charge in [0.05, 0.1) is 12.1 Å². The van der Waals surface area contributed by atoms with Crippen LogP contribution in [0.4, 0.5) is 4.79 Å². The maximum atomic E-state index is 13.8. The molecule has 0 fully saturated rings. The largest absolute Gasteiger partial charge is 0.449 e. The quantitative estimate of drug-likeness (QED) is 0.337. The predicted octanol–water partition coefficient (Wildman–Crippen LogP) is 6.03. The third kappa shape index (κ3) is 3.35. The van der Waals surface area contributed by atoms with Crippen LogP contribution in [-0.2, 0) is 24.5 Å². The standard InChI is InChI=1S/C29H27NO5/c1-4-6-9-22-21-10-7-8-11-23(21)29(25(31)16-18(3)35-27(29)32)26(22)20-12-13-24-19(17-20)14-15-30(24)28(33)34-5-2/h7-8,10-17H,4-6,9H2,1-3H3. The SMILES string of the molecule is CCCCC1=C(c2ccc3c(ccn3C(=O)OCC)c2)C2(C(=O)C=C(C)OC2=O)c2ccccc21. The number of allylic oxidation sites excluding steroid dienone is 3. The van der Waals surface area contributed by atoms with E-state index in [-0.39, 0.29) is 12.4 Å². The van der Waals surface area contributed by atoms with Gasteiger partial charge in [-0.2, -0.15) is 0 Å². The molecule has 6 heteroatoms. The molecule has 35 heavy (non-hydrogen) atoms. The number of esters is 1. The van der Waals surface area contributed by atoms with Crippen LogP contribution in [0.15, 0.2) is 66.6 Å². The fraction of sp³-hybridized carbons (Fsp3) is 0.276. The van der Waals surface area contributed by atoms with Gasteiger partial charge in [-0.05, 0) is 72.7 Å². The Labute approximate surface area is 203 Å². The third-order valence-corrected chi connectivity index (χ3v) is 6.82. The van der Waals surface area contributed by atoms with Gasteiger partial charge < -0.3 is 9.47 Å². The van der Waals surface area contributed by atoms with Gasteiger partial charge >= 0.3 is 12.1 Å². The highest BCUT2D eigenvalue weighted by Crippen LogP contribution is 2.55. The van der Waals surface area contributed by atoms with Gasteiger partial charge in [-0.25, -0.2) is 9.59 Å². The summed E-state index contributed by atoms with van der Waals surface area (Å²) in [6.45, 7) is 5.78. The van der Waals surface area contributed by atoms with Crippen LogP contribution < -0.4 is 0 Å². The molecule has 6 nitrogen and oxygen atoms in total. The summed E-state index contributed by atoms with van der Waals surface area (Å²) >= 11 is 0. The van der Waals surface area contributed by atoms with Gasteiger partial charge in [-0.1, -0.05) is 43.7 Å². The molecule has 0 amide bonds. The molecule has 0 N–H and O–H groups in total. The summed E-state index contributed by atoms with van der Waals surface area (Å²) in [4.78, 5) is 39.8.